The third-order valence-corrected chi connectivity index (χ3v) is 4.48. The summed E-state index contributed by atoms with van der Waals surface area (Å²) >= 11 is 5.26. The molecule has 0 fully saturated rings. The summed E-state index contributed by atoms with van der Waals surface area (Å²) in [6, 6.07) is 0. The van der Waals surface area contributed by atoms with Crippen molar-refractivity contribution in [1.82, 2.24) is 9.38 Å². The second-order valence-corrected chi connectivity index (χ2v) is 6.74. The highest BCUT2D eigenvalue weighted by Crippen LogP contribution is 2.28. The highest BCUT2D eigenvalue weighted by molar-refractivity contribution is 14.1. The fraction of sp³-hybridized carbons (Fsp3) is 0.333. The van der Waals surface area contributed by atoms with Crippen molar-refractivity contribution in [2.24, 2.45) is 0 Å². The maximum Gasteiger partial charge on any atom is 0.186 e. The molecule has 1 atom stereocenters. The first-order chi connectivity index (χ1) is 7.13. The van der Waals surface area contributed by atoms with Crippen LogP contribution in [0.3, 0.4) is 0 Å². The Morgan fingerprint density at radius 2 is 2.47 bits per heavy atom. The molecular formula is C9H9IN2OS2. The fourth-order valence-corrected chi connectivity index (χ4v) is 3.58. The molecule has 0 aromatic carbocycles. The molecule has 1 unspecified atom stereocenters. The van der Waals surface area contributed by atoms with Crippen LogP contribution in [0.5, 0.6) is 0 Å². The van der Waals surface area contributed by atoms with Crippen molar-refractivity contribution in [3.63, 3.8) is 0 Å². The molecule has 2 heterocycles. The third-order valence-electron chi connectivity index (χ3n) is 1.98. The highest BCUT2D eigenvalue weighted by atomic mass is 127. The first-order valence-electron chi connectivity index (χ1n) is 4.32. The van der Waals surface area contributed by atoms with Gasteiger partial charge < -0.3 is 0 Å². The van der Waals surface area contributed by atoms with Crippen LogP contribution in [0, 0.1) is 0 Å². The lowest BCUT2D eigenvalue weighted by Crippen LogP contribution is -2.07. The van der Waals surface area contributed by atoms with Crippen molar-refractivity contribution in [3.8, 4) is 0 Å². The molecule has 0 amide bonds. The van der Waals surface area contributed by atoms with Crippen LogP contribution in [0.2, 0.25) is 0 Å². The molecule has 0 radical (unpaired) electrons. The number of carbonyl (C=O) groups excluding carboxylic acids is 1. The number of halogens is 1. The Balaban J connectivity index is 2.47. The van der Waals surface area contributed by atoms with Crippen molar-refractivity contribution in [2.75, 3.05) is 6.26 Å². The van der Waals surface area contributed by atoms with E-state index in [4.69, 9.17) is 0 Å². The van der Waals surface area contributed by atoms with Gasteiger partial charge in [0.1, 0.15) is 16.2 Å². The molecule has 0 aliphatic rings. The Kier molecular flexibility index (Phi) is 3.36. The van der Waals surface area contributed by atoms with Crippen molar-refractivity contribution in [1.29, 1.82) is 0 Å². The van der Waals surface area contributed by atoms with E-state index < -0.39 is 0 Å². The van der Waals surface area contributed by atoms with Gasteiger partial charge in [-0.1, -0.05) is 22.6 Å². The van der Waals surface area contributed by atoms with Crippen LogP contribution in [0.15, 0.2) is 17.6 Å². The van der Waals surface area contributed by atoms with Gasteiger partial charge in [0.05, 0.1) is 8.80 Å². The van der Waals surface area contributed by atoms with Gasteiger partial charge in [-0.25, -0.2) is 4.98 Å². The Bertz CT molecular complexity index is 503. The van der Waals surface area contributed by atoms with E-state index in [1.165, 1.54) is 11.3 Å². The van der Waals surface area contributed by atoms with Crippen LogP contribution in [0.25, 0.3) is 4.83 Å². The van der Waals surface area contributed by atoms with Gasteiger partial charge in [-0.2, -0.15) is 0 Å². The van der Waals surface area contributed by atoms with Crippen molar-refractivity contribution < 1.29 is 4.79 Å². The number of fused-ring (bicyclic) bond motifs is 1. The number of hydrogen-bond donors (Lipinski definition) is 0. The van der Waals surface area contributed by atoms with Crippen molar-refractivity contribution >= 4 is 56.3 Å². The lowest BCUT2D eigenvalue weighted by molar-refractivity contribution is 0.100. The first kappa shape index (κ1) is 11.4. The predicted octanol–water partition coefficient (Wildman–Crippen LogP) is 3.12. The SMILES string of the molecule is CSc1ncn2cc(C(=O)C(C)I)sc12. The maximum atomic E-state index is 11.8. The zero-order chi connectivity index (χ0) is 11.0. The van der Waals surface area contributed by atoms with Crippen LogP contribution >= 0.6 is 45.7 Å². The summed E-state index contributed by atoms with van der Waals surface area (Å²) in [6.45, 7) is 1.91. The topological polar surface area (TPSA) is 34.4 Å². The van der Waals surface area contributed by atoms with E-state index in [-0.39, 0.29) is 9.71 Å². The molecule has 0 aliphatic heterocycles. The lowest BCUT2D eigenvalue weighted by Gasteiger charge is -1.96. The highest BCUT2D eigenvalue weighted by Gasteiger charge is 2.16. The maximum absolute atomic E-state index is 11.8. The average Bonchev–Trinajstić information content (AvgIpc) is 2.74. The van der Waals surface area contributed by atoms with Gasteiger partial charge in [-0.3, -0.25) is 9.20 Å². The summed E-state index contributed by atoms with van der Waals surface area (Å²) in [6.07, 6.45) is 5.61. The van der Waals surface area contributed by atoms with Crippen LogP contribution in [-0.4, -0.2) is 25.3 Å². The van der Waals surface area contributed by atoms with Gasteiger partial charge in [0.25, 0.3) is 0 Å². The lowest BCUT2D eigenvalue weighted by atomic mass is 10.3. The number of thiazole rings is 1. The Morgan fingerprint density at radius 3 is 3.07 bits per heavy atom. The van der Waals surface area contributed by atoms with Gasteiger partial charge in [0, 0.05) is 6.20 Å². The Morgan fingerprint density at radius 1 is 1.73 bits per heavy atom. The number of thioether (sulfide) groups is 1. The smallest absolute Gasteiger partial charge is 0.186 e. The molecule has 0 N–H and O–H groups in total. The number of ketones is 1. The van der Waals surface area contributed by atoms with E-state index in [1.807, 2.05) is 23.8 Å². The summed E-state index contributed by atoms with van der Waals surface area (Å²) in [5, 5.41) is 0.986. The number of nitrogens with zero attached hydrogens (tertiary/aromatic N) is 2. The summed E-state index contributed by atoms with van der Waals surface area (Å²) in [5.74, 6) is 0.191. The molecule has 0 saturated carbocycles. The average molecular weight is 352 g/mol. The molecule has 0 aliphatic carbocycles. The standard InChI is InChI=1S/C9H9IN2OS2/c1-5(10)7(13)6-3-12-4-11-8(14-2)9(12)15-6/h3-5H,1-2H3. The zero-order valence-electron chi connectivity index (χ0n) is 8.23. The molecule has 0 saturated heterocycles. The van der Waals surface area contributed by atoms with Crippen LogP contribution in [0.4, 0.5) is 0 Å². The summed E-state index contributed by atoms with van der Waals surface area (Å²) in [4.78, 5) is 17.9. The van der Waals surface area contributed by atoms with E-state index in [1.54, 1.807) is 18.1 Å². The molecule has 2 rings (SSSR count). The van der Waals surface area contributed by atoms with E-state index in [2.05, 4.69) is 27.6 Å². The molecule has 2 aromatic heterocycles. The number of alkyl halides is 1. The Labute approximate surface area is 109 Å². The zero-order valence-corrected chi connectivity index (χ0v) is 12.0. The van der Waals surface area contributed by atoms with Gasteiger partial charge in [-0.05, 0) is 13.2 Å². The summed E-state index contributed by atoms with van der Waals surface area (Å²) in [5.41, 5.74) is 0. The second-order valence-electron chi connectivity index (χ2n) is 3.04. The number of rotatable bonds is 3. The molecular weight excluding hydrogens is 343 g/mol. The summed E-state index contributed by atoms with van der Waals surface area (Å²) < 4.78 is 1.94. The van der Waals surface area contributed by atoms with Crippen LogP contribution in [-0.2, 0) is 0 Å². The molecule has 3 nitrogen and oxygen atoms in total. The van der Waals surface area contributed by atoms with Gasteiger partial charge >= 0.3 is 0 Å². The van der Waals surface area contributed by atoms with Gasteiger partial charge in [-0.15, -0.1) is 23.1 Å². The van der Waals surface area contributed by atoms with E-state index >= 15 is 0 Å². The molecule has 15 heavy (non-hydrogen) atoms. The molecule has 80 valence electrons. The molecule has 0 spiro atoms. The number of hydrogen-bond acceptors (Lipinski definition) is 4. The van der Waals surface area contributed by atoms with Gasteiger partial charge in [0.15, 0.2) is 5.78 Å². The predicted molar refractivity (Wildman–Crippen MR) is 72.7 cm³/mol. The number of imidazole rings is 1. The van der Waals surface area contributed by atoms with Crippen molar-refractivity contribution in [3.05, 3.63) is 17.4 Å². The van der Waals surface area contributed by atoms with E-state index in [9.17, 15) is 4.79 Å². The minimum atomic E-state index is 0.0247. The first-order valence-corrected chi connectivity index (χ1v) is 7.61. The normalized spacial score (nSPS) is 13.3. The van der Waals surface area contributed by atoms with Crippen LogP contribution in [0.1, 0.15) is 16.6 Å². The number of Topliss-reactive ketones (excluding diaryl/α,β-unsaturated/α-hetero) is 1. The molecule has 2 aromatic rings. The van der Waals surface area contributed by atoms with E-state index in [0.29, 0.717) is 0 Å². The Hall–Kier alpha value is -0.0800. The fourth-order valence-electron chi connectivity index (χ4n) is 1.23. The van der Waals surface area contributed by atoms with Gasteiger partial charge in [0.2, 0.25) is 0 Å². The number of aromatic nitrogens is 2. The van der Waals surface area contributed by atoms with Crippen LogP contribution < -0.4 is 0 Å². The third kappa shape index (κ3) is 2.07. The van der Waals surface area contributed by atoms with Crippen molar-refractivity contribution in [2.45, 2.75) is 15.9 Å². The van der Waals surface area contributed by atoms with E-state index in [0.717, 1.165) is 14.7 Å². The molecule has 0 bridgehead atoms. The summed E-state index contributed by atoms with van der Waals surface area (Å²) in [7, 11) is 0. The second kappa shape index (κ2) is 4.42. The quantitative estimate of drug-likeness (QED) is 0.368. The minimum absolute atomic E-state index is 0.0247. The minimum Gasteiger partial charge on any atom is -0.295 e. The monoisotopic (exact) mass is 352 g/mol. The number of carbonyl (C=O) groups is 1. The largest absolute Gasteiger partial charge is 0.295 e. The molecule has 6 heteroatoms.